The van der Waals surface area contributed by atoms with Gasteiger partial charge in [0.15, 0.2) is 5.82 Å². The molecule has 5 nitrogen and oxygen atoms in total. The largest absolute Gasteiger partial charge is 0.328 e. The third kappa shape index (κ3) is 3.21. The molecule has 5 heteroatoms. The van der Waals surface area contributed by atoms with Gasteiger partial charge in [-0.15, -0.1) is 0 Å². The molecule has 0 aliphatic heterocycles. The van der Waals surface area contributed by atoms with Crippen LogP contribution in [0.2, 0.25) is 0 Å². The molecular weight excluding hydrogens is 358 g/mol. The van der Waals surface area contributed by atoms with Crippen LogP contribution in [-0.4, -0.2) is 19.9 Å². The molecule has 2 heterocycles. The summed E-state index contributed by atoms with van der Waals surface area (Å²) >= 11 is 0. The molecule has 5 aromatic rings. The van der Waals surface area contributed by atoms with Gasteiger partial charge in [0.05, 0.1) is 11.2 Å². The molecule has 5 rings (SSSR count). The van der Waals surface area contributed by atoms with E-state index < -0.39 is 0 Å². The van der Waals surface area contributed by atoms with Gasteiger partial charge >= 0.3 is 0 Å². The van der Waals surface area contributed by atoms with Gasteiger partial charge in [0.1, 0.15) is 5.82 Å². The average Bonchev–Trinajstić information content (AvgIpc) is 3.12. The number of aryl methyl sites for hydroxylation is 2. The number of rotatable bonds is 4. The first-order valence-electron chi connectivity index (χ1n) is 9.80. The number of hydrogen-bond donors (Lipinski definition) is 2. The summed E-state index contributed by atoms with van der Waals surface area (Å²) in [5, 5.41) is 6.71. The number of hydrogen-bond acceptors (Lipinski definition) is 4. The van der Waals surface area contributed by atoms with E-state index >= 15 is 0 Å². The van der Waals surface area contributed by atoms with Crippen LogP contribution in [0.3, 0.4) is 0 Å². The van der Waals surface area contributed by atoms with E-state index in [2.05, 4.69) is 52.5 Å². The van der Waals surface area contributed by atoms with E-state index in [9.17, 15) is 0 Å². The highest BCUT2D eigenvalue weighted by Gasteiger charge is 2.12. The molecule has 0 unspecified atom stereocenters. The average molecular weight is 379 g/mol. The first kappa shape index (κ1) is 17.4. The van der Waals surface area contributed by atoms with Gasteiger partial charge in [-0.05, 0) is 42.3 Å². The third-order valence-corrected chi connectivity index (χ3v) is 5.17. The van der Waals surface area contributed by atoms with Crippen LogP contribution in [-0.2, 0) is 6.42 Å². The quantitative estimate of drug-likeness (QED) is 0.415. The topological polar surface area (TPSA) is 66.5 Å². The maximum Gasteiger partial charge on any atom is 0.206 e. The Balaban J connectivity index is 1.64. The number of aromatic nitrogens is 4. The Hall–Kier alpha value is -3.73. The fraction of sp³-hybridized carbons (Fsp3) is 0.125. The summed E-state index contributed by atoms with van der Waals surface area (Å²) in [6, 6.07) is 22.7. The predicted octanol–water partition coefficient (Wildman–Crippen LogP) is 5.79. The van der Waals surface area contributed by atoms with E-state index in [4.69, 9.17) is 9.97 Å². The minimum Gasteiger partial charge on any atom is -0.328 e. The molecule has 2 N–H and O–H groups in total. The van der Waals surface area contributed by atoms with Crippen LogP contribution >= 0.6 is 0 Å². The van der Waals surface area contributed by atoms with Gasteiger partial charge in [-0.25, -0.2) is 15.0 Å². The van der Waals surface area contributed by atoms with Crippen LogP contribution in [0.1, 0.15) is 18.3 Å². The van der Waals surface area contributed by atoms with Crippen molar-refractivity contribution in [3.05, 3.63) is 78.1 Å². The van der Waals surface area contributed by atoms with Crippen LogP contribution in [0.25, 0.3) is 33.1 Å². The minimum absolute atomic E-state index is 0.691. The van der Waals surface area contributed by atoms with E-state index in [-0.39, 0.29) is 0 Å². The fourth-order valence-corrected chi connectivity index (χ4v) is 3.64. The summed E-state index contributed by atoms with van der Waals surface area (Å²) in [6.07, 6.45) is 0.886. The van der Waals surface area contributed by atoms with Gasteiger partial charge in [-0.2, -0.15) is 0 Å². The molecule has 3 aromatic carbocycles. The summed E-state index contributed by atoms with van der Waals surface area (Å²) in [6.45, 7) is 4.14. The van der Waals surface area contributed by atoms with Crippen molar-refractivity contribution < 1.29 is 0 Å². The molecule has 0 spiro atoms. The maximum atomic E-state index is 4.86. The SMILES string of the molecule is CCc1nc(Nc2nc(-c3ccc4ccccc4c3)nc3ccccc23)[nH]c1C. The number of benzene rings is 3. The highest BCUT2D eigenvalue weighted by atomic mass is 15.2. The molecule has 29 heavy (non-hydrogen) atoms. The first-order chi connectivity index (χ1) is 14.2. The number of para-hydroxylation sites is 1. The van der Waals surface area contributed by atoms with Gasteiger partial charge in [0.25, 0.3) is 0 Å². The summed E-state index contributed by atoms with van der Waals surface area (Å²) in [4.78, 5) is 17.6. The molecule has 0 saturated heterocycles. The zero-order valence-electron chi connectivity index (χ0n) is 16.4. The first-order valence-corrected chi connectivity index (χ1v) is 9.80. The molecule has 2 aromatic heterocycles. The number of anilines is 2. The van der Waals surface area contributed by atoms with Crippen molar-refractivity contribution >= 4 is 33.4 Å². The molecule has 0 fully saturated rings. The van der Waals surface area contributed by atoms with Crippen molar-refractivity contribution in [3.8, 4) is 11.4 Å². The Kier molecular flexibility index (Phi) is 4.21. The molecule has 0 aliphatic rings. The number of H-pyrrole nitrogens is 1. The Morgan fingerprint density at radius 3 is 2.48 bits per heavy atom. The van der Waals surface area contributed by atoms with Gasteiger partial charge in [0.2, 0.25) is 5.95 Å². The molecular formula is C24H21N5. The molecule has 0 amide bonds. The summed E-state index contributed by atoms with van der Waals surface area (Å²) in [5.41, 5.74) is 4.01. The molecule has 0 bridgehead atoms. The maximum absolute atomic E-state index is 4.86. The van der Waals surface area contributed by atoms with E-state index in [1.165, 1.54) is 10.8 Å². The molecule has 142 valence electrons. The van der Waals surface area contributed by atoms with E-state index in [1.807, 2.05) is 43.3 Å². The van der Waals surface area contributed by atoms with Gasteiger partial charge in [-0.3, -0.25) is 0 Å². The number of aromatic amines is 1. The smallest absolute Gasteiger partial charge is 0.206 e. The highest BCUT2D eigenvalue weighted by molar-refractivity contribution is 5.93. The summed E-state index contributed by atoms with van der Waals surface area (Å²) in [5.74, 6) is 2.14. The third-order valence-electron chi connectivity index (χ3n) is 5.17. The van der Waals surface area contributed by atoms with Crippen LogP contribution in [0.4, 0.5) is 11.8 Å². The predicted molar refractivity (Wildman–Crippen MR) is 118 cm³/mol. The van der Waals surface area contributed by atoms with Crippen molar-refractivity contribution in [2.45, 2.75) is 20.3 Å². The van der Waals surface area contributed by atoms with Crippen LogP contribution in [0, 0.1) is 6.92 Å². The van der Waals surface area contributed by atoms with E-state index in [0.717, 1.165) is 40.1 Å². The van der Waals surface area contributed by atoms with Crippen LogP contribution in [0.5, 0.6) is 0 Å². The number of nitrogens with one attached hydrogen (secondary N) is 2. The standard InChI is InChI=1S/C24H21N5/c1-3-20-15(2)25-24(27-20)29-23-19-10-6-7-11-21(19)26-22(28-23)18-13-12-16-8-4-5-9-17(16)14-18/h4-14H,3H2,1-2H3,(H2,25,26,27,28,29). The number of nitrogens with zero attached hydrogens (tertiary/aromatic N) is 3. The van der Waals surface area contributed by atoms with Gasteiger partial charge < -0.3 is 10.3 Å². The molecule has 0 saturated carbocycles. The van der Waals surface area contributed by atoms with Crippen molar-refractivity contribution in [3.63, 3.8) is 0 Å². The lowest BCUT2D eigenvalue weighted by Crippen LogP contribution is -2.00. The normalized spacial score (nSPS) is 11.2. The number of fused-ring (bicyclic) bond motifs is 2. The fourth-order valence-electron chi connectivity index (χ4n) is 3.64. The molecule has 0 radical (unpaired) electrons. The van der Waals surface area contributed by atoms with Gasteiger partial charge in [0, 0.05) is 16.6 Å². The van der Waals surface area contributed by atoms with E-state index in [1.54, 1.807) is 0 Å². The minimum atomic E-state index is 0.691. The lowest BCUT2D eigenvalue weighted by Gasteiger charge is -2.10. The Morgan fingerprint density at radius 1 is 0.862 bits per heavy atom. The van der Waals surface area contributed by atoms with E-state index in [0.29, 0.717) is 11.8 Å². The molecule has 0 aliphatic carbocycles. The van der Waals surface area contributed by atoms with Crippen molar-refractivity contribution in [1.82, 2.24) is 19.9 Å². The second kappa shape index (κ2) is 7.02. The van der Waals surface area contributed by atoms with Gasteiger partial charge in [-0.1, -0.05) is 55.5 Å². The monoisotopic (exact) mass is 379 g/mol. The Labute approximate surface area is 168 Å². The van der Waals surface area contributed by atoms with Crippen LogP contribution in [0.15, 0.2) is 66.7 Å². The van der Waals surface area contributed by atoms with Crippen molar-refractivity contribution in [2.24, 2.45) is 0 Å². The second-order valence-electron chi connectivity index (χ2n) is 7.11. The van der Waals surface area contributed by atoms with Crippen molar-refractivity contribution in [1.29, 1.82) is 0 Å². The Bertz CT molecular complexity index is 1340. The second-order valence-corrected chi connectivity index (χ2v) is 7.11. The highest BCUT2D eigenvalue weighted by Crippen LogP contribution is 2.28. The van der Waals surface area contributed by atoms with Crippen molar-refractivity contribution in [2.75, 3.05) is 5.32 Å². The molecule has 0 atom stereocenters. The zero-order chi connectivity index (χ0) is 19.8. The zero-order valence-corrected chi connectivity index (χ0v) is 16.4. The lowest BCUT2D eigenvalue weighted by atomic mass is 10.1. The Morgan fingerprint density at radius 2 is 1.66 bits per heavy atom. The lowest BCUT2D eigenvalue weighted by molar-refractivity contribution is 1.04. The summed E-state index contributed by atoms with van der Waals surface area (Å²) < 4.78 is 0. The number of imidazole rings is 1. The van der Waals surface area contributed by atoms with Crippen LogP contribution < -0.4 is 5.32 Å². The summed E-state index contributed by atoms with van der Waals surface area (Å²) in [7, 11) is 0.